The molecule has 0 saturated carbocycles. The average molecular weight is 503 g/mol. The molecule has 2 N–H and O–H groups in total. The number of nitrogens with one attached hydrogen (secondary N) is 2. The highest BCUT2D eigenvalue weighted by Gasteiger charge is 2.23. The Morgan fingerprint density at radius 2 is 1.82 bits per heavy atom. The fourth-order valence-corrected chi connectivity index (χ4v) is 5.49. The van der Waals surface area contributed by atoms with Gasteiger partial charge in [0.15, 0.2) is 5.82 Å². The number of aromatic nitrogens is 3. The Labute approximate surface area is 220 Å². The first-order valence-electron chi connectivity index (χ1n) is 13.1. The molecule has 2 aromatic carbocycles. The fraction of sp³-hybridized carbons (Fsp3) is 0.194. The van der Waals surface area contributed by atoms with Crippen molar-refractivity contribution in [3.8, 4) is 11.1 Å². The predicted molar refractivity (Wildman–Crippen MR) is 149 cm³/mol. The number of hydrazone groups is 1. The van der Waals surface area contributed by atoms with Crippen LogP contribution < -0.4 is 5.43 Å². The summed E-state index contributed by atoms with van der Waals surface area (Å²) in [6.07, 6.45) is 13.6. The summed E-state index contributed by atoms with van der Waals surface area (Å²) in [7, 11) is 0. The first-order chi connectivity index (χ1) is 18.7. The van der Waals surface area contributed by atoms with Gasteiger partial charge in [-0.2, -0.15) is 5.10 Å². The maximum Gasteiger partial charge on any atom is 0.159 e. The molecule has 1 aliphatic carbocycles. The van der Waals surface area contributed by atoms with Gasteiger partial charge >= 0.3 is 0 Å². The number of benzene rings is 2. The van der Waals surface area contributed by atoms with Crippen LogP contribution in [0.5, 0.6) is 0 Å². The summed E-state index contributed by atoms with van der Waals surface area (Å²) in [6, 6.07) is 14.8. The van der Waals surface area contributed by atoms with E-state index < -0.39 is 0 Å². The monoisotopic (exact) mass is 502 g/mol. The largest absolute Gasteiger partial charge is 0.337 e. The Kier molecular flexibility index (Phi) is 5.70. The summed E-state index contributed by atoms with van der Waals surface area (Å²) in [6.45, 7) is 3.26. The number of imidazole rings is 1. The van der Waals surface area contributed by atoms with Crippen LogP contribution in [0.3, 0.4) is 0 Å². The molecular weight excluding hydrogens is 475 g/mol. The highest BCUT2D eigenvalue weighted by Crippen LogP contribution is 2.31. The maximum atomic E-state index is 13.5. The van der Waals surface area contributed by atoms with Crippen molar-refractivity contribution in [2.75, 3.05) is 13.1 Å². The van der Waals surface area contributed by atoms with E-state index in [4.69, 9.17) is 10.1 Å². The van der Waals surface area contributed by atoms with E-state index >= 15 is 0 Å². The van der Waals surface area contributed by atoms with Gasteiger partial charge < -0.3 is 4.98 Å². The van der Waals surface area contributed by atoms with Crippen molar-refractivity contribution in [2.45, 2.75) is 25.8 Å². The molecule has 0 radical (unpaired) electrons. The number of halogens is 1. The number of H-pyrrole nitrogens is 1. The van der Waals surface area contributed by atoms with E-state index in [-0.39, 0.29) is 5.82 Å². The molecule has 38 heavy (non-hydrogen) atoms. The Morgan fingerprint density at radius 3 is 2.68 bits per heavy atom. The first kappa shape index (κ1) is 22.8. The van der Waals surface area contributed by atoms with Crippen LogP contribution in [0.15, 0.2) is 95.5 Å². The van der Waals surface area contributed by atoms with Crippen molar-refractivity contribution in [2.24, 2.45) is 5.10 Å². The Morgan fingerprint density at radius 1 is 0.947 bits per heavy atom. The molecule has 6 nitrogen and oxygen atoms in total. The number of allylic oxidation sites excluding steroid dienone is 5. The Hall–Kier alpha value is -4.36. The van der Waals surface area contributed by atoms with E-state index in [1.165, 1.54) is 30.5 Å². The number of likely N-dealkylation sites (tertiary alicyclic amines) is 1. The van der Waals surface area contributed by atoms with E-state index in [2.05, 4.69) is 44.6 Å². The van der Waals surface area contributed by atoms with E-state index in [0.29, 0.717) is 5.82 Å². The van der Waals surface area contributed by atoms with Crippen molar-refractivity contribution < 1.29 is 4.39 Å². The van der Waals surface area contributed by atoms with Gasteiger partial charge in [0.05, 0.1) is 11.0 Å². The Bertz CT molecular complexity index is 1650. The Balaban J connectivity index is 1.24. The number of rotatable bonds is 5. The normalized spacial score (nSPS) is 17.4. The molecule has 2 aliphatic heterocycles. The quantitative estimate of drug-likeness (QED) is 0.353. The average Bonchev–Trinajstić information content (AvgIpc) is 3.58. The molecule has 4 aromatic rings. The van der Waals surface area contributed by atoms with E-state index in [1.54, 1.807) is 12.1 Å². The molecular formula is C31H27FN6. The third kappa shape index (κ3) is 4.35. The lowest BCUT2D eigenvalue weighted by Gasteiger charge is -2.17. The number of hydrogen-bond donors (Lipinski definition) is 2. The molecule has 2 bridgehead atoms. The maximum absolute atomic E-state index is 13.5. The molecule has 7 rings (SSSR count). The number of aromatic amines is 1. The molecule has 0 spiro atoms. The molecule has 0 atom stereocenters. The summed E-state index contributed by atoms with van der Waals surface area (Å²) in [5.41, 5.74) is 13.2. The van der Waals surface area contributed by atoms with Crippen LogP contribution in [0, 0.1) is 5.82 Å². The molecule has 188 valence electrons. The molecule has 0 unspecified atom stereocenters. The van der Waals surface area contributed by atoms with Crippen molar-refractivity contribution in [3.63, 3.8) is 0 Å². The van der Waals surface area contributed by atoms with Crippen molar-refractivity contribution >= 4 is 22.3 Å². The predicted octanol–water partition coefficient (Wildman–Crippen LogP) is 5.96. The minimum Gasteiger partial charge on any atom is -0.337 e. The van der Waals surface area contributed by atoms with Gasteiger partial charge in [-0.1, -0.05) is 30.3 Å². The molecule has 1 saturated heterocycles. The zero-order valence-corrected chi connectivity index (χ0v) is 20.9. The van der Waals surface area contributed by atoms with Crippen LogP contribution >= 0.6 is 0 Å². The highest BCUT2D eigenvalue weighted by molar-refractivity contribution is 6.14. The standard InChI is InChI=1S/C31H27FN6/c32-25-9-6-21(7-10-25)27-4-3-5-28-30(27)35-31(34-28)29-23-15-22(8-11-26(16-23)36-37-29)24-14-20(17-33-18-24)19-38-12-1-2-13-38/h3-11,14-15,17-18,36H,1-2,12-13,16,19H2,(H,34,35). The van der Waals surface area contributed by atoms with E-state index in [9.17, 15) is 4.39 Å². The van der Waals surface area contributed by atoms with Crippen LogP contribution in [0.2, 0.25) is 0 Å². The van der Waals surface area contributed by atoms with Crippen LogP contribution in [0.25, 0.3) is 27.7 Å². The lowest BCUT2D eigenvalue weighted by Crippen LogP contribution is -2.21. The summed E-state index contributed by atoms with van der Waals surface area (Å²) in [5.74, 6) is 0.450. The van der Waals surface area contributed by atoms with Crippen molar-refractivity contribution in [1.29, 1.82) is 0 Å². The van der Waals surface area contributed by atoms with Gasteiger partial charge in [0.25, 0.3) is 0 Å². The zero-order valence-electron chi connectivity index (χ0n) is 20.9. The van der Waals surface area contributed by atoms with Crippen LogP contribution in [0.1, 0.15) is 36.2 Å². The second-order valence-electron chi connectivity index (χ2n) is 10.1. The summed E-state index contributed by atoms with van der Waals surface area (Å²) < 4.78 is 13.5. The van der Waals surface area contributed by atoms with E-state index in [1.807, 2.05) is 30.6 Å². The van der Waals surface area contributed by atoms with Crippen LogP contribution in [0.4, 0.5) is 4.39 Å². The van der Waals surface area contributed by atoms with Gasteiger partial charge in [0, 0.05) is 42.2 Å². The molecule has 1 fully saturated rings. The number of pyridine rings is 1. The van der Waals surface area contributed by atoms with Gasteiger partial charge in [-0.25, -0.2) is 9.37 Å². The summed E-state index contributed by atoms with van der Waals surface area (Å²) >= 11 is 0. The summed E-state index contributed by atoms with van der Waals surface area (Å²) in [4.78, 5) is 15.5. The van der Waals surface area contributed by atoms with Crippen molar-refractivity contribution in [1.82, 2.24) is 25.3 Å². The number of nitrogens with zero attached hydrogens (tertiary/aromatic N) is 4. The molecule has 0 amide bonds. The molecule has 7 heteroatoms. The molecule has 4 heterocycles. The van der Waals surface area contributed by atoms with Gasteiger partial charge in [0.2, 0.25) is 0 Å². The topological polar surface area (TPSA) is 69.2 Å². The number of para-hydroxylation sites is 1. The second-order valence-corrected chi connectivity index (χ2v) is 10.1. The van der Waals surface area contributed by atoms with Crippen molar-refractivity contribution in [3.05, 3.63) is 113 Å². The van der Waals surface area contributed by atoms with Crippen LogP contribution in [-0.4, -0.2) is 38.7 Å². The third-order valence-electron chi connectivity index (χ3n) is 7.42. The van der Waals surface area contributed by atoms with Gasteiger partial charge in [-0.05, 0) is 84.6 Å². The second kappa shape index (κ2) is 9.50. The lowest BCUT2D eigenvalue weighted by molar-refractivity contribution is 0.331. The van der Waals surface area contributed by atoms with Gasteiger partial charge in [-0.3, -0.25) is 15.3 Å². The minimum atomic E-state index is -0.254. The molecule has 3 aliphatic rings. The fourth-order valence-electron chi connectivity index (χ4n) is 5.49. The SMILES string of the molecule is Fc1ccc(-c2cccc3[nH]c(C4=NNC5=CC=C(c6cncc(CN7CCCC7)c6)C=C4C5)nc23)cc1. The summed E-state index contributed by atoms with van der Waals surface area (Å²) in [5, 5.41) is 4.70. The zero-order chi connectivity index (χ0) is 25.5. The lowest BCUT2D eigenvalue weighted by atomic mass is 9.99. The van der Waals surface area contributed by atoms with Gasteiger partial charge in [-0.15, -0.1) is 0 Å². The third-order valence-corrected chi connectivity index (χ3v) is 7.42. The van der Waals surface area contributed by atoms with Crippen LogP contribution in [-0.2, 0) is 6.54 Å². The number of hydrogen-bond acceptors (Lipinski definition) is 5. The first-order valence-corrected chi connectivity index (χ1v) is 13.1. The smallest absolute Gasteiger partial charge is 0.159 e. The van der Waals surface area contributed by atoms with Gasteiger partial charge in [0.1, 0.15) is 11.5 Å². The van der Waals surface area contributed by atoms with E-state index in [0.717, 1.165) is 76.3 Å². The highest BCUT2D eigenvalue weighted by atomic mass is 19.1. The molecule has 2 aromatic heterocycles. The minimum absolute atomic E-state index is 0.254. The number of fused-ring (bicyclic) bond motifs is 3.